The molecule has 1 aliphatic carbocycles. The Kier molecular flexibility index (Phi) is 5.45. The number of likely N-dealkylation sites (tertiary alicyclic amines) is 1. The fourth-order valence-corrected chi connectivity index (χ4v) is 5.50. The highest BCUT2D eigenvalue weighted by Gasteiger charge is 2.52. The summed E-state index contributed by atoms with van der Waals surface area (Å²) in [7, 11) is 1.74. The van der Waals surface area contributed by atoms with Crippen molar-refractivity contribution in [1.29, 1.82) is 0 Å². The Labute approximate surface area is 166 Å². The summed E-state index contributed by atoms with van der Waals surface area (Å²) in [5, 5.41) is 12.3. The molecule has 27 heavy (non-hydrogen) atoms. The summed E-state index contributed by atoms with van der Waals surface area (Å²) in [5.41, 5.74) is 1.84. The van der Waals surface area contributed by atoms with E-state index in [2.05, 4.69) is 24.3 Å². The van der Waals surface area contributed by atoms with Crippen LogP contribution in [0.2, 0.25) is 5.02 Å². The topological polar surface area (TPSA) is 33.9 Å². The van der Waals surface area contributed by atoms with E-state index < -0.39 is 5.60 Å². The summed E-state index contributed by atoms with van der Waals surface area (Å²) in [6, 6.07) is 16.7. The fourth-order valence-electron chi connectivity index (χ4n) is 5.30. The predicted octanol–water partition coefficient (Wildman–Crippen LogP) is 3.80. The highest BCUT2D eigenvalue weighted by atomic mass is 35.5. The van der Waals surface area contributed by atoms with Gasteiger partial charge in [-0.1, -0.05) is 54.8 Å². The maximum Gasteiger partial charge on any atom is 0.128 e. The number of halogens is 1. The molecular weight excluding hydrogens is 358 g/mol. The predicted molar refractivity (Wildman–Crippen MR) is 108 cm³/mol. The molecule has 144 valence electrons. The van der Waals surface area contributed by atoms with E-state index in [1.165, 1.54) is 22.4 Å². The van der Waals surface area contributed by atoms with Gasteiger partial charge in [-0.05, 0) is 31.0 Å². The van der Waals surface area contributed by atoms with E-state index in [0.29, 0.717) is 0 Å². The number of hydrogen-bond acceptors (Lipinski definition) is 2. The van der Waals surface area contributed by atoms with Crippen LogP contribution in [-0.2, 0) is 6.54 Å². The number of methoxy groups -OCH3 is 1. The molecule has 0 radical (unpaired) electrons. The van der Waals surface area contributed by atoms with Crippen LogP contribution in [0.1, 0.15) is 49.3 Å². The summed E-state index contributed by atoms with van der Waals surface area (Å²) in [5.74, 6) is 1.18. The van der Waals surface area contributed by atoms with E-state index in [1.54, 1.807) is 7.11 Å². The number of fused-ring (bicyclic) bond motifs is 1. The molecule has 2 N–H and O–H groups in total. The Balaban J connectivity index is 1.74. The molecule has 1 aliphatic heterocycles. The number of para-hydroxylation sites is 1. The van der Waals surface area contributed by atoms with Gasteiger partial charge in [-0.25, -0.2) is 0 Å². The van der Waals surface area contributed by atoms with Gasteiger partial charge in [-0.2, -0.15) is 0 Å². The molecule has 0 spiro atoms. The van der Waals surface area contributed by atoms with Gasteiger partial charge in [0.05, 0.1) is 24.8 Å². The van der Waals surface area contributed by atoms with Crippen molar-refractivity contribution in [2.75, 3.05) is 13.7 Å². The van der Waals surface area contributed by atoms with Gasteiger partial charge in [-0.15, -0.1) is 0 Å². The summed E-state index contributed by atoms with van der Waals surface area (Å²) >= 11 is 6.47. The van der Waals surface area contributed by atoms with E-state index in [4.69, 9.17) is 16.3 Å². The smallest absolute Gasteiger partial charge is 0.128 e. The third-order valence-corrected chi connectivity index (χ3v) is 7.00. The average Bonchev–Trinajstić information content (AvgIpc) is 2.69. The van der Waals surface area contributed by atoms with Crippen LogP contribution in [0.15, 0.2) is 48.5 Å². The van der Waals surface area contributed by atoms with Crippen LogP contribution in [0, 0.1) is 5.92 Å². The van der Waals surface area contributed by atoms with Crippen molar-refractivity contribution in [3.05, 3.63) is 64.7 Å². The van der Waals surface area contributed by atoms with E-state index >= 15 is 0 Å². The van der Waals surface area contributed by atoms with Gasteiger partial charge in [0.25, 0.3) is 0 Å². The Bertz CT molecular complexity index is 795. The molecule has 4 heteroatoms. The van der Waals surface area contributed by atoms with Crippen molar-refractivity contribution in [2.45, 2.75) is 50.3 Å². The molecule has 1 saturated carbocycles. The second kappa shape index (κ2) is 7.83. The molecule has 2 fully saturated rings. The van der Waals surface area contributed by atoms with Crippen LogP contribution in [0.5, 0.6) is 5.75 Å². The Hall–Kier alpha value is -1.55. The number of ether oxygens (including phenoxy) is 1. The maximum absolute atomic E-state index is 11.4. The molecule has 1 unspecified atom stereocenters. The Morgan fingerprint density at radius 1 is 1.11 bits per heavy atom. The van der Waals surface area contributed by atoms with Gasteiger partial charge in [0.2, 0.25) is 0 Å². The molecule has 2 aromatic rings. The minimum Gasteiger partial charge on any atom is -0.496 e. The van der Waals surface area contributed by atoms with Crippen molar-refractivity contribution in [3.8, 4) is 5.75 Å². The Morgan fingerprint density at radius 3 is 2.70 bits per heavy atom. The summed E-state index contributed by atoms with van der Waals surface area (Å²) in [6.45, 7) is 1.82. The van der Waals surface area contributed by atoms with E-state index in [-0.39, 0.29) is 12.0 Å². The lowest BCUT2D eigenvalue weighted by Gasteiger charge is -2.50. The number of aliphatic hydroxyl groups is 1. The molecule has 2 aliphatic rings. The van der Waals surface area contributed by atoms with Crippen LogP contribution in [0.3, 0.4) is 0 Å². The molecule has 4 rings (SSSR count). The van der Waals surface area contributed by atoms with Crippen LogP contribution < -0.4 is 9.64 Å². The molecular formula is C23H29ClNO2+. The third kappa shape index (κ3) is 3.61. The SMILES string of the molecule is COc1ccccc1[C@H]1[C@@H]2CCCC[C@]2(O)CC[NH+]1Cc1ccccc1Cl. The first kappa shape index (κ1) is 18.8. The van der Waals surface area contributed by atoms with E-state index in [9.17, 15) is 5.11 Å². The molecule has 1 heterocycles. The van der Waals surface area contributed by atoms with Gasteiger partial charge >= 0.3 is 0 Å². The molecule has 0 bridgehead atoms. The highest BCUT2D eigenvalue weighted by Crippen LogP contribution is 2.45. The van der Waals surface area contributed by atoms with Gasteiger partial charge in [-0.3, -0.25) is 0 Å². The second-order valence-corrected chi connectivity index (χ2v) is 8.51. The third-order valence-electron chi connectivity index (χ3n) is 6.64. The lowest BCUT2D eigenvalue weighted by Crippen LogP contribution is -3.13. The zero-order valence-electron chi connectivity index (χ0n) is 16.0. The van der Waals surface area contributed by atoms with Crippen molar-refractivity contribution in [3.63, 3.8) is 0 Å². The molecule has 4 atom stereocenters. The lowest BCUT2D eigenvalue weighted by molar-refractivity contribution is -0.958. The standard InChI is InChI=1S/C23H28ClNO2/c1-27-21-12-5-3-9-18(21)22-19-10-6-7-13-23(19,26)14-15-25(22)16-17-8-2-4-11-20(17)24/h2-5,8-9,11-12,19,22,26H,6-7,10,13-16H2,1H3/p+1/t19-,22-,23-/m0/s1. The van der Waals surface area contributed by atoms with Crippen molar-refractivity contribution < 1.29 is 14.7 Å². The summed E-state index contributed by atoms with van der Waals surface area (Å²) < 4.78 is 5.71. The van der Waals surface area contributed by atoms with E-state index in [0.717, 1.165) is 49.5 Å². The molecule has 2 aromatic carbocycles. The summed E-state index contributed by atoms with van der Waals surface area (Å²) in [6.07, 6.45) is 5.18. The zero-order valence-corrected chi connectivity index (χ0v) is 16.7. The minimum absolute atomic E-state index is 0.219. The monoisotopic (exact) mass is 386 g/mol. The van der Waals surface area contributed by atoms with Gasteiger partial charge in [0.1, 0.15) is 18.3 Å². The van der Waals surface area contributed by atoms with Crippen LogP contribution >= 0.6 is 11.6 Å². The first-order valence-electron chi connectivity index (χ1n) is 10.1. The fraction of sp³-hybridized carbons (Fsp3) is 0.478. The van der Waals surface area contributed by atoms with Crippen LogP contribution in [0.4, 0.5) is 0 Å². The van der Waals surface area contributed by atoms with Crippen molar-refractivity contribution >= 4 is 11.6 Å². The van der Waals surface area contributed by atoms with E-state index in [1.807, 2.05) is 24.3 Å². The molecule has 0 aromatic heterocycles. The quantitative estimate of drug-likeness (QED) is 0.838. The average molecular weight is 387 g/mol. The maximum atomic E-state index is 11.4. The molecule has 3 nitrogen and oxygen atoms in total. The second-order valence-electron chi connectivity index (χ2n) is 8.10. The van der Waals surface area contributed by atoms with Crippen LogP contribution in [-0.4, -0.2) is 24.4 Å². The normalized spacial score (nSPS) is 30.6. The first-order chi connectivity index (χ1) is 13.1. The highest BCUT2D eigenvalue weighted by molar-refractivity contribution is 6.31. The largest absolute Gasteiger partial charge is 0.496 e. The number of hydrogen-bond donors (Lipinski definition) is 2. The minimum atomic E-state index is -0.548. The number of benzene rings is 2. The summed E-state index contributed by atoms with van der Waals surface area (Å²) in [4.78, 5) is 1.48. The van der Waals surface area contributed by atoms with Gasteiger partial charge < -0.3 is 14.7 Å². The first-order valence-corrected chi connectivity index (χ1v) is 10.4. The number of piperidine rings is 1. The molecule has 1 saturated heterocycles. The van der Waals surface area contributed by atoms with Gasteiger partial charge in [0.15, 0.2) is 0 Å². The van der Waals surface area contributed by atoms with Crippen LogP contribution in [0.25, 0.3) is 0 Å². The lowest BCUT2D eigenvalue weighted by atomic mass is 9.66. The van der Waals surface area contributed by atoms with Crippen molar-refractivity contribution in [2.24, 2.45) is 5.92 Å². The molecule has 0 amide bonds. The van der Waals surface area contributed by atoms with Crippen molar-refractivity contribution in [1.82, 2.24) is 0 Å². The zero-order chi connectivity index (χ0) is 18.9. The Morgan fingerprint density at radius 2 is 1.89 bits per heavy atom. The van der Waals surface area contributed by atoms with Gasteiger partial charge in [0, 0.05) is 22.9 Å². The number of rotatable bonds is 4. The number of quaternary nitrogens is 1. The number of nitrogens with one attached hydrogen (secondary N) is 1.